The van der Waals surface area contributed by atoms with Crippen molar-refractivity contribution >= 4 is 5.97 Å². The van der Waals surface area contributed by atoms with Crippen molar-refractivity contribution in [2.45, 2.75) is 51.0 Å². The molecule has 2 aliphatic rings. The van der Waals surface area contributed by atoms with Crippen LogP contribution in [0, 0.1) is 11.8 Å². The Kier molecular flexibility index (Phi) is 3.62. The second kappa shape index (κ2) is 4.97. The highest BCUT2D eigenvalue weighted by Crippen LogP contribution is 2.31. The van der Waals surface area contributed by atoms with E-state index in [-0.39, 0.29) is 6.04 Å². The van der Waals surface area contributed by atoms with Crippen LogP contribution in [0.25, 0.3) is 0 Å². The first-order valence-corrected chi connectivity index (χ1v) is 6.22. The van der Waals surface area contributed by atoms with Gasteiger partial charge >= 0.3 is 5.97 Å². The van der Waals surface area contributed by atoms with Gasteiger partial charge < -0.3 is 10.4 Å². The normalized spacial score (nSPS) is 33.1. The highest BCUT2D eigenvalue weighted by Gasteiger charge is 2.30. The van der Waals surface area contributed by atoms with Crippen molar-refractivity contribution in [3.05, 3.63) is 0 Å². The van der Waals surface area contributed by atoms with Crippen LogP contribution in [0.5, 0.6) is 0 Å². The Morgan fingerprint density at radius 1 is 1.20 bits per heavy atom. The Labute approximate surface area is 91.2 Å². The molecule has 0 aromatic heterocycles. The van der Waals surface area contributed by atoms with Gasteiger partial charge in [0.1, 0.15) is 6.04 Å². The second-order valence-electron chi connectivity index (χ2n) is 5.14. The monoisotopic (exact) mass is 211 g/mol. The van der Waals surface area contributed by atoms with E-state index in [0.29, 0.717) is 5.92 Å². The van der Waals surface area contributed by atoms with Gasteiger partial charge in [0.2, 0.25) is 0 Å². The first kappa shape index (κ1) is 10.9. The predicted octanol–water partition coefficient (Wildman–Crippen LogP) is 2.02. The zero-order valence-electron chi connectivity index (χ0n) is 9.24. The average molecular weight is 211 g/mol. The second-order valence-corrected chi connectivity index (χ2v) is 5.14. The molecule has 3 nitrogen and oxygen atoms in total. The molecule has 2 N–H and O–H groups in total. The van der Waals surface area contributed by atoms with Crippen molar-refractivity contribution in [1.82, 2.24) is 5.32 Å². The molecule has 1 aliphatic heterocycles. The van der Waals surface area contributed by atoms with E-state index in [9.17, 15) is 4.79 Å². The smallest absolute Gasteiger partial charge is 0.320 e. The van der Waals surface area contributed by atoms with Crippen LogP contribution in [0.15, 0.2) is 0 Å². The number of nitrogens with one attached hydrogen (secondary N) is 1. The lowest BCUT2D eigenvalue weighted by Gasteiger charge is -2.23. The molecule has 1 heterocycles. The molecule has 2 atom stereocenters. The van der Waals surface area contributed by atoms with E-state index < -0.39 is 5.97 Å². The quantitative estimate of drug-likeness (QED) is 0.751. The van der Waals surface area contributed by atoms with Gasteiger partial charge in [0, 0.05) is 0 Å². The molecule has 86 valence electrons. The summed E-state index contributed by atoms with van der Waals surface area (Å²) in [5, 5.41) is 12.0. The molecule has 15 heavy (non-hydrogen) atoms. The zero-order chi connectivity index (χ0) is 10.7. The highest BCUT2D eigenvalue weighted by atomic mass is 16.4. The van der Waals surface area contributed by atoms with Gasteiger partial charge in [-0.3, -0.25) is 4.79 Å². The summed E-state index contributed by atoms with van der Waals surface area (Å²) < 4.78 is 0. The van der Waals surface area contributed by atoms with E-state index in [1.165, 1.54) is 38.5 Å². The first-order chi connectivity index (χ1) is 7.25. The van der Waals surface area contributed by atoms with Crippen LogP contribution >= 0.6 is 0 Å². The summed E-state index contributed by atoms with van der Waals surface area (Å²) in [6.45, 7) is 0.910. The van der Waals surface area contributed by atoms with Crippen LogP contribution in [0.4, 0.5) is 0 Å². The third-order valence-corrected chi connectivity index (χ3v) is 3.91. The highest BCUT2D eigenvalue weighted by molar-refractivity contribution is 5.73. The number of aliphatic carboxylic acids is 1. The summed E-state index contributed by atoms with van der Waals surface area (Å²) in [6.07, 6.45) is 8.99. The number of carboxylic acid groups (broad SMARTS) is 1. The number of carboxylic acids is 1. The van der Waals surface area contributed by atoms with Gasteiger partial charge in [-0.15, -0.1) is 0 Å². The molecular formula is C12H21NO2. The van der Waals surface area contributed by atoms with Crippen molar-refractivity contribution < 1.29 is 9.90 Å². The molecule has 2 rings (SSSR count). The molecule has 1 aliphatic carbocycles. The van der Waals surface area contributed by atoms with Crippen LogP contribution in [0.2, 0.25) is 0 Å². The van der Waals surface area contributed by atoms with Gasteiger partial charge in [-0.1, -0.05) is 32.1 Å². The minimum Gasteiger partial charge on any atom is -0.480 e. The summed E-state index contributed by atoms with van der Waals surface area (Å²) in [7, 11) is 0. The van der Waals surface area contributed by atoms with Gasteiger partial charge in [0.05, 0.1) is 0 Å². The van der Waals surface area contributed by atoms with Crippen LogP contribution in [0.1, 0.15) is 44.9 Å². The number of hydrogen-bond donors (Lipinski definition) is 2. The molecule has 1 saturated heterocycles. The molecule has 0 radical (unpaired) electrons. The molecule has 0 spiro atoms. The van der Waals surface area contributed by atoms with E-state index in [2.05, 4.69) is 5.32 Å². The topological polar surface area (TPSA) is 49.3 Å². The molecule has 0 bridgehead atoms. The van der Waals surface area contributed by atoms with Gasteiger partial charge in [0.25, 0.3) is 0 Å². The van der Waals surface area contributed by atoms with Gasteiger partial charge in [-0.25, -0.2) is 0 Å². The molecule has 0 aromatic rings. The third-order valence-electron chi connectivity index (χ3n) is 3.91. The molecule has 0 aromatic carbocycles. The maximum absolute atomic E-state index is 10.8. The Morgan fingerprint density at radius 2 is 1.93 bits per heavy atom. The fraction of sp³-hybridized carbons (Fsp3) is 0.917. The minimum atomic E-state index is -0.679. The van der Waals surface area contributed by atoms with Crippen LogP contribution < -0.4 is 5.32 Å². The summed E-state index contributed by atoms with van der Waals surface area (Å²) in [6, 6.07) is -0.279. The Balaban J connectivity index is 1.74. The SMILES string of the molecule is O=C(O)[C@@H]1CC(CC2CCCCC2)CN1. The number of carbonyl (C=O) groups is 1. The third kappa shape index (κ3) is 2.94. The standard InChI is InChI=1S/C12H21NO2/c14-12(15)11-7-10(8-13-11)6-9-4-2-1-3-5-9/h9-11,13H,1-8H2,(H,14,15)/t10?,11-/m0/s1. The lowest BCUT2D eigenvalue weighted by molar-refractivity contribution is -0.139. The van der Waals surface area contributed by atoms with Crippen molar-refractivity contribution in [1.29, 1.82) is 0 Å². The van der Waals surface area contributed by atoms with Crippen molar-refractivity contribution in [3.63, 3.8) is 0 Å². The van der Waals surface area contributed by atoms with E-state index in [0.717, 1.165) is 18.9 Å². The maximum Gasteiger partial charge on any atom is 0.320 e. The Bertz CT molecular complexity index is 224. The van der Waals surface area contributed by atoms with Gasteiger partial charge in [0.15, 0.2) is 0 Å². The fourth-order valence-electron chi connectivity index (χ4n) is 3.07. The van der Waals surface area contributed by atoms with Crippen molar-refractivity contribution in [3.8, 4) is 0 Å². The van der Waals surface area contributed by atoms with Crippen molar-refractivity contribution in [2.24, 2.45) is 11.8 Å². The van der Waals surface area contributed by atoms with Gasteiger partial charge in [-0.05, 0) is 31.2 Å². The summed E-state index contributed by atoms with van der Waals surface area (Å²) in [5.74, 6) is 0.799. The first-order valence-electron chi connectivity index (χ1n) is 6.22. The minimum absolute atomic E-state index is 0.279. The zero-order valence-corrected chi connectivity index (χ0v) is 9.24. The van der Waals surface area contributed by atoms with E-state index in [1.807, 2.05) is 0 Å². The van der Waals surface area contributed by atoms with E-state index in [1.54, 1.807) is 0 Å². The van der Waals surface area contributed by atoms with Crippen LogP contribution in [0.3, 0.4) is 0 Å². The lowest BCUT2D eigenvalue weighted by Crippen LogP contribution is -2.29. The van der Waals surface area contributed by atoms with Crippen LogP contribution in [-0.2, 0) is 4.79 Å². The van der Waals surface area contributed by atoms with E-state index >= 15 is 0 Å². The van der Waals surface area contributed by atoms with Crippen molar-refractivity contribution in [2.75, 3.05) is 6.54 Å². The fourth-order valence-corrected chi connectivity index (χ4v) is 3.07. The molecule has 1 saturated carbocycles. The van der Waals surface area contributed by atoms with Crippen LogP contribution in [-0.4, -0.2) is 23.7 Å². The average Bonchev–Trinajstić information content (AvgIpc) is 2.68. The summed E-state index contributed by atoms with van der Waals surface area (Å²) in [4.78, 5) is 10.8. The maximum atomic E-state index is 10.8. The predicted molar refractivity (Wildman–Crippen MR) is 58.7 cm³/mol. The Hall–Kier alpha value is -0.570. The molecular weight excluding hydrogens is 190 g/mol. The largest absolute Gasteiger partial charge is 0.480 e. The molecule has 3 heteroatoms. The molecule has 1 unspecified atom stereocenters. The Morgan fingerprint density at radius 3 is 2.53 bits per heavy atom. The van der Waals surface area contributed by atoms with E-state index in [4.69, 9.17) is 5.11 Å². The summed E-state index contributed by atoms with van der Waals surface area (Å²) >= 11 is 0. The van der Waals surface area contributed by atoms with Gasteiger partial charge in [-0.2, -0.15) is 0 Å². The lowest BCUT2D eigenvalue weighted by atomic mass is 9.82. The number of hydrogen-bond acceptors (Lipinski definition) is 2. The molecule has 2 fully saturated rings. The molecule has 0 amide bonds. The summed E-state index contributed by atoms with van der Waals surface area (Å²) in [5.41, 5.74) is 0. The number of rotatable bonds is 3.